The molecule has 1 fully saturated rings. The third-order valence-electron chi connectivity index (χ3n) is 3.42. The first-order chi connectivity index (χ1) is 7.83. The van der Waals surface area contributed by atoms with Crippen molar-refractivity contribution in [2.75, 3.05) is 6.61 Å². The highest BCUT2D eigenvalue weighted by Gasteiger charge is 2.17. The SMILES string of the molecule is C=C1COC(CCCCCCCCCC)C1. The second-order valence-corrected chi connectivity index (χ2v) is 5.15. The van der Waals surface area contributed by atoms with E-state index in [-0.39, 0.29) is 0 Å². The van der Waals surface area contributed by atoms with E-state index in [1.165, 1.54) is 63.4 Å². The van der Waals surface area contributed by atoms with Gasteiger partial charge in [-0.25, -0.2) is 0 Å². The Labute approximate surface area is 101 Å². The van der Waals surface area contributed by atoms with Gasteiger partial charge in [0.15, 0.2) is 0 Å². The Hall–Kier alpha value is -0.300. The Morgan fingerprint density at radius 1 is 1.06 bits per heavy atom. The lowest BCUT2D eigenvalue weighted by atomic mass is 10.0. The molecule has 0 N–H and O–H groups in total. The van der Waals surface area contributed by atoms with Gasteiger partial charge in [0.05, 0.1) is 12.7 Å². The van der Waals surface area contributed by atoms with Gasteiger partial charge in [-0.15, -0.1) is 0 Å². The first kappa shape index (κ1) is 13.8. The van der Waals surface area contributed by atoms with Crippen LogP contribution < -0.4 is 0 Å². The normalized spacial score (nSPS) is 20.6. The fourth-order valence-corrected chi connectivity index (χ4v) is 2.37. The topological polar surface area (TPSA) is 9.23 Å². The van der Waals surface area contributed by atoms with Crippen LogP contribution in [0.15, 0.2) is 12.2 Å². The van der Waals surface area contributed by atoms with Gasteiger partial charge in [-0.3, -0.25) is 0 Å². The van der Waals surface area contributed by atoms with E-state index in [0.29, 0.717) is 6.10 Å². The second kappa shape index (κ2) is 8.81. The van der Waals surface area contributed by atoms with Crippen molar-refractivity contribution >= 4 is 0 Å². The van der Waals surface area contributed by atoms with Gasteiger partial charge in [0.25, 0.3) is 0 Å². The summed E-state index contributed by atoms with van der Waals surface area (Å²) in [7, 11) is 0. The molecule has 0 radical (unpaired) electrons. The predicted molar refractivity (Wildman–Crippen MR) is 70.7 cm³/mol. The van der Waals surface area contributed by atoms with Crippen LogP contribution in [-0.2, 0) is 4.74 Å². The van der Waals surface area contributed by atoms with E-state index >= 15 is 0 Å². The van der Waals surface area contributed by atoms with Crippen LogP contribution >= 0.6 is 0 Å². The van der Waals surface area contributed by atoms with Crippen molar-refractivity contribution in [2.24, 2.45) is 0 Å². The molecule has 1 saturated heterocycles. The van der Waals surface area contributed by atoms with Crippen molar-refractivity contribution in [3.05, 3.63) is 12.2 Å². The summed E-state index contributed by atoms with van der Waals surface area (Å²) in [5.41, 5.74) is 1.28. The van der Waals surface area contributed by atoms with Crippen molar-refractivity contribution in [1.29, 1.82) is 0 Å². The molecule has 0 aromatic heterocycles. The van der Waals surface area contributed by atoms with Crippen LogP contribution in [-0.4, -0.2) is 12.7 Å². The molecule has 0 aromatic rings. The standard InChI is InChI=1S/C15H28O/c1-3-4-5-6-7-8-9-10-11-15-12-14(2)13-16-15/h15H,2-13H2,1H3. The number of rotatable bonds is 9. The molecule has 94 valence electrons. The highest BCUT2D eigenvalue weighted by molar-refractivity contribution is 5.01. The Morgan fingerprint density at radius 3 is 2.25 bits per heavy atom. The summed E-state index contributed by atoms with van der Waals surface area (Å²) < 4.78 is 5.63. The quantitative estimate of drug-likeness (QED) is 0.401. The van der Waals surface area contributed by atoms with Gasteiger partial charge < -0.3 is 4.74 Å². The average Bonchev–Trinajstić information content (AvgIpc) is 2.68. The molecule has 1 heterocycles. The van der Waals surface area contributed by atoms with E-state index in [1.54, 1.807) is 0 Å². The van der Waals surface area contributed by atoms with Crippen LogP contribution in [0.25, 0.3) is 0 Å². The van der Waals surface area contributed by atoms with Crippen LogP contribution in [0.3, 0.4) is 0 Å². The monoisotopic (exact) mass is 224 g/mol. The molecule has 1 unspecified atom stereocenters. The van der Waals surface area contributed by atoms with Crippen molar-refractivity contribution in [3.8, 4) is 0 Å². The van der Waals surface area contributed by atoms with Gasteiger partial charge in [0, 0.05) is 0 Å². The van der Waals surface area contributed by atoms with Gasteiger partial charge in [-0.05, 0) is 18.4 Å². The number of hydrogen-bond donors (Lipinski definition) is 0. The van der Waals surface area contributed by atoms with Crippen molar-refractivity contribution in [3.63, 3.8) is 0 Å². The van der Waals surface area contributed by atoms with E-state index in [4.69, 9.17) is 4.74 Å². The molecular weight excluding hydrogens is 196 g/mol. The molecule has 1 rings (SSSR count). The van der Waals surface area contributed by atoms with E-state index in [9.17, 15) is 0 Å². The third kappa shape index (κ3) is 6.32. The van der Waals surface area contributed by atoms with Crippen LogP contribution in [0.5, 0.6) is 0 Å². The second-order valence-electron chi connectivity index (χ2n) is 5.15. The Bertz CT molecular complexity index is 186. The highest BCUT2D eigenvalue weighted by atomic mass is 16.5. The lowest BCUT2D eigenvalue weighted by Crippen LogP contribution is -2.03. The molecule has 0 bridgehead atoms. The van der Waals surface area contributed by atoms with Gasteiger partial charge in [0.2, 0.25) is 0 Å². The van der Waals surface area contributed by atoms with E-state index in [0.717, 1.165) is 13.0 Å². The maximum absolute atomic E-state index is 5.63. The highest BCUT2D eigenvalue weighted by Crippen LogP contribution is 2.22. The number of ether oxygens (including phenoxy) is 1. The molecule has 1 nitrogen and oxygen atoms in total. The number of unbranched alkanes of at least 4 members (excludes halogenated alkanes) is 7. The maximum atomic E-state index is 5.63. The maximum Gasteiger partial charge on any atom is 0.0679 e. The average molecular weight is 224 g/mol. The molecule has 0 aliphatic carbocycles. The third-order valence-corrected chi connectivity index (χ3v) is 3.42. The van der Waals surface area contributed by atoms with E-state index < -0.39 is 0 Å². The summed E-state index contributed by atoms with van der Waals surface area (Å²) >= 11 is 0. The van der Waals surface area contributed by atoms with Gasteiger partial charge >= 0.3 is 0 Å². The fraction of sp³-hybridized carbons (Fsp3) is 0.867. The van der Waals surface area contributed by atoms with Crippen molar-refractivity contribution in [1.82, 2.24) is 0 Å². The Kier molecular flexibility index (Phi) is 7.58. The molecule has 1 aliphatic rings. The summed E-state index contributed by atoms with van der Waals surface area (Å²) in [6, 6.07) is 0. The summed E-state index contributed by atoms with van der Waals surface area (Å²) in [5.74, 6) is 0. The Morgan fingerprint density at radius 2 is 1.69 bits per heavy atom. The van der Waals surface area contributed by atoms with Crippen LogP contribution in [0, 0.1) is 0 Å². The van der Waals surface area contributed by atoms with Gasteiger partial charge in [-0.1, -0.05) is 64.9 Å². The Balaban J connectivity index is 1.79. The molecule has 16 heavy (non-hydrogen) atoms. The molecule has 0 saturated carbocycles. The zero-order valence-corrected chi connectivity index (χ0v) is 11.0. The van der Waals surface area contributed by atoms with Gasteiger partial charge in [0.1, 0.15) is 0 Å². The zero-order valence-electron chi connectivity index (χ0n) is 11.0. The first-order valence-electron chi connectivity index (χ1n) is 7.11. The van der Waals surface area contributed by atoms with E-state index in [1.807, 2.05) is 0 Å². The lowest BCUT2D eigenvalue weighted by Gasteiger charge is -2.07. The fourth-order valence-electron chi connectivity index (χ4n) is 2.37. The smallest absolute Gasteiger partial charge is 0.0679 e. The summed E-state index contributed by atoms with van der Waals surface area (Å²) in [4.78, 5) is 0. The minimum Gasteiger partial charge on any atom is -0.374 e. The molecule has 1 heteroatoms. The molecule has 1 atom stereocenters. The predicted octanol–water partition coefficient (Wildman–Crippen LogP) is 4.86. The van der Waals surface area contributed by atoms with Crippen molar-refractivity contribution in [2.45, 2.75) is 77.2 Å². The molecule has 0 aromatic carbocycles. The summed E-state index contributed by atoms with van der Waals surface area (Å²) in [6.07, 6.45) is 14.0. The zero-order chi connectivity index (χ0) is 11.6. The largest absolute Gasteiger partial charge is 0.374 e. The molecule has 0 spiro atoms. The van der Waals surface area contributed by atoms with Crippen LogP contribution in [0.2, 0.25) is 0 Å². The van der Waals surface area contributed by atoms with Crippen molar-refractivity contribution < 1.29 is 4.74 Å². The molecule has 0 amide bonds. The minimum atomic E-state index is 0.493. The molecular formula is C15H28O. The van der Waals surface area contributed by atoms with E-state index in [2.05, 4.69) is 13.5 Å². The van der Waals surface area contributed by atoms with Gasteiger partial charge in [-0.2, -0.15) is 0 Å². The van der Waals surface area contributed by atoms with Crippen LogP contribution in [0.1, 0.15) is 71.1 Å². The lowest BCUT2D eigenvalue weighted by molar-refractivity contribution is 0.104. The molecule has 1 aliphatic heterocycles. The number of hydrogen-bond acceptors (Lipinski definition) is 1. The minimum absolute atomic E-state index is 0.493. The summed E-state index contributed by atoms with van der Waals surface area (Å²) in [6.45, 7) is 7.05. The summed E-state index contributed by atoms with van der Waals surface area (Å²) in [5, 5.41) is 0. The van der Waals surface area contributed by atoms with Crippen LogP contribution in [0.4, 0.5) is 0 Å². The first-order valence-corrected chi connectivity index (χ1v) is 7.11.